The second kappa shape index (κ2) is 7.25. The number of alkyl halides is 3. The number of nitrogens with zero attached hydrogens (tertiary/aromatic N) is 4. The van der Waals surface area contributed by atoms with Crippen LogP contribution in [0.3, 0.4) is 0 Å². The Balaban J connectivity index is 1.31. The predicted octanol–water partition coefficient (Wildman–Crippen LogP) is 3.65. The number of H-pyrrole nitrogens is 1. The Morgan fingerprint density at radius 1 is 1.06 bits per heavy atom. The van der Waals surface area contributed by atoms with Crippen molar-refractivity contribution in [1.82, 2.24) is 19.9 Å². The summed E-state index contributed by atoms with van der Waals surface area (Å²) in [4.78, 5) is 28.9. The summed E-state index contributed by atoms with van der Waals surface area (Å²) in [5.41, 5.74) is 0.731. The van der Waals surface area contributed by atoms with E-state index in [0.29, 0.717) is 25.2 Å². The van der Waals surface area contributed by atoms with E-state index in [1.165, 1.54) is 12.1 Å². The molecule has 1 saturated carbocycles. The number of benzene rings is 1. The smallest absolute Gasteiger partial charge is 0.354 e. The number of fused-ring (bicyclic) bond motifs is 1. The number of amides is 1. The number of hydrogen-bond acceptors (Lipinski definition) is 4. The van der Waals surface area contributed by atoms with Gasteiger partial charge in [0.05, 0.1) is 17.4 Å². The zero-order valence-electron chi connectivity index (χ0n) is 16.8. The Hall–Kier alpha value is -3.10. The molecule has 1 spiro atoms. The molecule has 1 aliphatic heterocycles. The van der Waals surface area contributed by atoms with Crippen molar-refractivity contribution in [2.24, 2.45) is 5.41 Å². The lowest BCUT2D eigenvalue weighted by atomic mass is 10.1. The minimum absolute atomic E-state index is 0.0534. The number of hydrogen-bond donors (Lipinski definition) is 1. The van der Waals surface area contributed by atoms with Crippen LogP contribution >= 0.6 is 0 Å². The van der Waals surface area contributed by atoms with Crippen LogP contribution in [0.4, 0.5) is 19.0 Å². The van der Waals surface area contributed by atoms with E-state index in [0.717, 1.165) is 48.4 Å². The van der Waals surface area contributed by atoms with Gasteiger partial charge in [-0.25, -0.2) is 9.97 Å². The molecule has 1 aliphatic carbocycles. The molecule has 0 bridgehead atoms. The molecule has 2 aromatic heterocycles. The van der Waals surface area contributed by atoms with E-state index >= 15 is 0 Å². The fraction of sp³-hybridized carbons (Fsp3) is 0.409. The molecule has 9 heteroatoms. The highest BCUT2D eigenvalue weighted by atomic mass is 19.4. The van der Waals surface area contributed by atoms with Crippen molar-refractivity contribution >= 4 is 22.8 Å². The van der Waals surface area contributed by atoms with Crippen LogP contribution in [0.1, 0.15) is 24.0 Å². The topological polar surface area (TPSA) is 65.1 Å². The molecule has 2 fully saturated rings. The van der Waals surface area contributed by atoms with E-state index in [2.05, 4.69) is 19.9 Å². The Morgan fingerprint density at radius 3 is 2.55 bits per heavy atom. The third-order valence-corrected chi connectivity index (χ3v) is 6.27. The van der Waals surface area contributed by atoms with Crippen molar-refractivity contribution in [2.45, 2.75) is 25.4 Å². The summed E-state index contributed by atoms with van der Waals surface area (Å²) in [5.74, 6) is 0.817. The SMILES string of the molecule is O=C(Cc1ccc(C(F)(F)F)cc1)N1CCN(c2ncnc3[nH]ccc23)CC2(CC2)C1. The second-order valence-electron chi connectivity index (χ2n) is 8.55. The Morgan fingerprint density at radius 2 is 1.84 bits per heavy atom. The van der Waals surface area contributed by atoms with Crippen LogP contribution in [0.25, 0.3) is 11.0 Å². The second-order valence-corrected chi connectivity index (χ2v) is 8.55. The molecule has 2 aliphatic rings. The van der Waals surface area contributed by atoms with E-state index in [9.17, 15) is 18.0 Å². The van der Waals surface area contributed by atoms with Crippen LogP contribution in [0, 0.1) is 5.41 Å². The molecular formula is C22H22F3N5O. The standard InChI is InChI=1S/C22H22F3N5O/c23-22(24,25)16-3-1-15(2-4-16)11-18(31)29-9-10-30(13-21(12-29)6-7-21)20-17-5-8-26-19(17)27-14-28-20/h1-5,8,14H,6-7,9-13H2,(H,26,27,28). The van der Waals surface area contributed by atoms with Gasteiger partial charge in [-0.3, -0.25) is 4.79 Å². The molecular weight excluding hydrogens is 407 g/mol. The number of rotatable bonds is 3. The molecule has 0 atom stereocenters. The molecule has 3 aromatic rings. The van der Waals surface area contributed by atoms with Crippen molar-refractivity contribution in [2.75, 3.05) is 31.1 Å². The largest absolute Gasteiger partial charge is 0.416 e. The third-order valence-electron chi connectivity index (χ3n) is 6.27. The fourth-order valence-electron chi connectivity index (χ4n) is 4.35. The minimum Gasteiger partial charge on any atom is -0.354 e. The van der Waals surface area contributed by atoms with Gasteiger partial charge in [-0.05, 0) is 36.6 Å². The van der Waals surface area contributed by atoms with Gasteiger partial charge in [-0.2, -0.15) is 13.2 Å². The lowest BCUT2D eigenvalue weighted by Gasteiger charge is -2.25. The summed E-state index contributed by atoms with van der Waals surface area (Å²) in [6, 6.07) is 6.81. The first-order valence-corrected chi connectivity index (χ1v) is 10.3. The average Bonchev–Trinajstić information content (AvgIpc) is 3.38. The highest BCUT2D eigenvalue weighted by Gasteiger charge is 2.47. The number of carbonyl (C=O) groups excluding carboxylic acids is 1. The van der Waals surface area contributed by atoms with E-state index in [1.54, 1.807) is 6.33 Å². The minimum atomic E-state index is -4.37. The molecule has 1 N–H and O–H groups in total. The Kier molecular flexibility index (Phi) is 4.64. The molecule has 5 rings (SSSR count). The van der Waals surface area contributed by atoms with Crippen molar-refractivity contribution in [3.8, 4) is 0 Å². The maximum absolute atomic E-state index is 13.0. The maximum Gasteiger partial charge on any atom is 0.416 e. The normalized spacial score (nSPS) is 18.4. The number of carbonyl (C=O) groups is 1. The molecule has 31 heavy (non-hydrogen) atoms. The van der Waals surface area contributed by atoms with Crippen LogP contribution in [-0.2, 0) is 17.4 Å². The quantitative estimate of drug-likeness (QED) is 0.690. The highest BCUT2D eigenvalue weighted by molar-refractivity contribution is 5.87. The van der Waals surface area contributed by atoms with Crippen molar-refractivity contribution in [3.63, 3.8) is 0 Å². The van der Waals surface area contributed by atoms with E-state index in [1.807, 2.05) is 17.2 Å². The lowest BCUT2D eigenvalue weighted by Crippen LogP contribution is -2.37. The number of aromatic nitrogens is 3. The first-order valence-electron chi connectivity index (χ1n) is 10.3. The van der Waals surface area contributed by atoms with Gasteiger partial charge in [0.1, 0.15) is 17.8 Å². The van der Waals surface area contributed by atoms with Crippen LogP contribution in [-0.4, -0.2) is 51.9 Å². The molecule has 1 saturated heterocycles. The van der Waals surface area contributed by atoms with Crippen molar-refractivity contribution < 1.29 is 18.0 Å². The molecule has 0 unspecified atom stereocenters. The van der Waals surface area contributed by atoms with Gasteiger partial charge in [0.25, 0.3) is 0 Å². The Bertz CT molecular complexity index is 1100. The lowest BCUT2D eigenvalue weighted by molar-refractivity contribution is -0.137. The highest BCUT2D eigenvalue weighted by Crippen LogP contribution is 2.48. The van der Waals surface area contributed by atoms with E-state index in [-0.39, 0.29) is 17.7 Å². The summed E-state index contributed by atoms with van der Waals surface area (Å²) in [6.07, 6.45) is 1.22. The monoisotopic (exact) mass is 429 g/mol. The Labute approximate surface area is 177 Å². The number of anilines is 1. The predicted molar refractivity (Wildman–Crippen MR) is 109 cm³/mol. The zero-order valence-corrected chi connectivity index (χ0v) is 16.8. The molecule has 1 amide bonds. The van der Waals surface area contributed by atoms with Crippen LogP contribution in [0.5, 0.6) is 0 Å². The van der Waals surface area contributed by atoms with Gasteiger partial charge in [-0.15, -0.1) is 0 Å². The average molecular weight is 429 g/mol. The number of aromatic amines is 1. The van der Waals surface area contributed by atoms with E-state index in [4.69, 9.17) is 0 Å². The summed E-state index contributed by atoms with van der Waals surface area (Å²) in [6.45, 7) is 2.70. The molecule has 3 heterocycles. The van der Waals surface area contributed by atoms with E-state index < -0.39 is 11.7 Å². The number of nitrogens with one attached hydrogen (secondary N) is 1. The first-order chi connectivity index (χ1) is 14.8. The van der Waals surface area contributed by atoms with Gasteiger partial charge in [-0.1, -0.05) is 12.1 Å². The van der Waals surface area contributed by atoms with Crippen molar-refractivity contribution in [3.05, 3.63) is 54.0 Å². The van der Waals surface area contributed by atoms with Gasteiger partial charge in [0.2, 0.25) is 5.91 Å². The van der Waals surface area contributed by atoms with Crippen LogP contribution in [0.2, 0.25) is 0 Å². The van der Waals surface area contributed by atoms with Gasteiger partial charge in [0, 0.05) is 37.8 Å². The van der Waals surface area contributed by atoms with Gasteiger partial charge in [0.15, 0.2) is 0 Å². The summed E-state index contributed by atoms with van der Waals surface area (Å²) in [7, 11) is 0. The first kappa shape index (κ1) is 19.8. The van der Waals surface area contributed by atoms with Gasteiger partial charge < -0.3 is 14.8 Å². The molecule has 1 aromatic carbocycles. The number of halogens is 3. The summed E-state index contributed by atoms with van der Waals surface area (Å²) < 4.78 is 38.3. The third kappa shape index (κ3) is 3.96. The van der Waals surface area contributed by atoms with Crippen LogP contribution in [0.15, 0.2) is 42.9 Å². The summed E-state index contributed by atoms with van der Waals surface area (Å²) in [5, 5.41) is 0.961. The maximum atomic E-state index is 13.0. The summed E-state index contributed by atoms with van der Waals surface area (Å²) >= 11 is 0. The van der Waals surface area contributed by atoms with Gasteiger partial charge >= 0.3 is 6.18 Å². The fourth-order valence-corrected chi connectivity index (χ4v) is 4.35. The molecule has 6 nitrogen and oxygen atoms in total. The molecule has 0 radical (unpaired) electrons. The van der Waals surface area contributed by atoms with Crippen LogP contribution < -0.4 is 4.90 Å². The van der Waals surface area contributed by atoms with Crippen molar-refractivity contribution in [1.29, 1.82) is 0 Å². The molecule has 162 valence electrons. The zero-order chi connectivity index (χ0) is 21.6.